The number of sulfone groups is 1. The van der Waals surface area contributed by atoms with Crippen molar-refractivity contribution in [2.45, 2.75) is 16.2 Å². The number of aryl methyl sites for hydroxylation is 1. The molecule has 1 N–H and O–H groups in total. The van der Waals surface area contributed by atoms with Crippen LogP contribution in [0.3, 0.4) is 0 Å². The lowest BCUT2D eigenvalue weighted by Crippen LogP contribution is -2.26. The molecule has 1 heterocycles. The van der Waals surface area contributed by atoms with E-state index in [4.69, 9.17) is 0 Å². The zero-order chi connectivity index (χ0) is 16.4. The lowest BCUT2D eigenvalue weighted by Gasteiger charge is -2.06. The van der Waals surface area contributed by atoms with Crippen molar-refractivity contribution in [2.75, 3.05) is 12.8 Å². The molecule has 0 saturated heterocycles. The molecule has 0 aliphatic carbocycles. The van der Waals surface area contributed by atoms with Crippen molar-refractivity contribution in [2.24, 2.45) is 7.05 Å². The second-order valence-electron chi connectivity index (χ2n) is 4.91. The summed E-state index contributed by atoms with van der Waals surface area (Å²) in [5.41, 5.74) is 0.928. The van der Waals surface area contributed by atoms with Gasteiger partial charge < -0.3 is 0 Å². The second-order valence-corrected chi connectivity index (χ2v) is 8.70. The zero-order valence-corrected chi connectivity index (χ0v) is 13.9. The van der Waals surface area contributed by atoms with Gasteiger partial charge in [0, 0.05) is 26.0 Å². The summed E-state index contributed by atoms with van der Waals surface area (Å²) in [5, 5.41) is 4.01. The Morgan fingerprint density at radius 3 is 2.18 bits per heavy atom. The molecule has 0 aliphatic heterocycles. The van der Waals surface area contributed by atoms with Crippen molar-refractivity contribution in [3.63, 3.8) is 0 Å². The van der Waals surface area contributed by atoms with Gasteiger partial charge in [-0.3, -0.25) is 4.68 Å². The molecular weight excluding hydrogens is 326 g/mol. The molecule has 9 heteroatoms. The predicted molar refractivity (Wildman–Crippen MR) is 81.7 cm³/mol. The molecule has 22 heavy (non-hydrogen) atoms. The topological polar surface area (TPSA) is 98.1 Å². The van der Waals surface area contributed by atoms with Gasteiger partial charge in [0.15, 0.2) is 9.84 Å². The molecule has 0 amide bonds. The van der Waals surface area contributed by atoms with Crippen molar-refractivity contribution in [1.29, 1.82) is 0 Å². The number of hydrogen-bond acceptors (Lipinski definition) is 5. The van der Waals surface area contributed by atoms with Crippen LogP contribution in [-0.2, 0) is 33.3 Å². The van der Waals surface area contributed by atoms with Crippen LogP contribution in [0.1, 0.15) is 5.56 Å². The first-order valence-corrected chi connectivity index (χ1v) is 9.83. The third-order valence-corrected chi connectivity index (χ3v) is 5.63. The van der Waals surface area contributed by atoms with Crippen LogP contribution in [0.5, 0.6) is 0 Å². The van der Waals surface area contributed by atoms with Gasteiger partial charge in [-0.2, -0.15) is 5.10 Å². The van der Waals surface area contributed by atoms with Crippen molar-refractivity contribution in [1.82, 2.24) is 14.5 Å². The van der Waals surface area contributed by atoms with E-state index < -0.39 is 19.9 Å². The summed E-state index contributed by atoms with van der Waals surface area (Å²) in [7, 11) is -5.21. The molecule has 0 fully saturated rings. The van der Waals surface area contributed by atoms with Crippen LogP contribution in [0.15, 0.2) is 46.5 Å². The molecule has 1 aromatic carbocycles. The van der Waals surface area contributed by atoms with E-state index in [0.29, 0.717) is 6.42 Å². The molecule has 7 nitrogen and oxygen atoms in total. The first kappa shape index (κ1) is 16.7. The van der Waals surface area contributed by atoms with Crippen LogP contribution in [0.2, 0.25) is 0 Å². The van der Waals surface area contributed by atoms with Gasteiger partial charge in [0.2, 0.25) is 10.0 Å². The van der Waals surface area contributed by atoms with Gasteiger partial charge in [-0.1, -0.05) is 0 Å². The molecule has 0 atom stereocenters. The van der Waals surface area contributed by atoms with Crippen LogP contribution in [0.25, 0.3) is 0 Å². The summed E-state index contributed by atoms with van der Waals surface area (Å²) in [6.07, 6.45) is 5.08. The van der Waals surface area contributed by atoms with Gasteiger partial charge >= 0.3 is 0 Å². The summed E-state index contributed by atoms with van der Waals surface area (Å²) in [6.45, 7) is 0.238. The van der Waals surface area contributed by atoms with Gasteiger partial charge in [-0.05, 0) is 36.2 Å². The Bertz CT molecular complexity index is 853. The second kappa shape index (κ2) is 6.19. The van der Waals surface area contributed by atoms with Crippen molar-refractivity contribution in [3.05, 3.63) is 42.2 Å². The number of benzene rings is 1. The molecule has 0 spiro atoms. The molecule has 0 bridgehead atoms. The highest BCUT2D eigenvalue weighted by Gasteiger charge is 2.15. The van der Waals surface area contributed by atoms with Gasteiger partial charge in [-0.25, -0.2) is 21.6 Å². The van der Waals surface area contributed by atoms with E-state index in [9.17, 15) is 16.8 Å². The minimum absolute atomic E-state index is 0.0334. The van der Waals surface area contributed by atoms with Crippen LogP contribution < -0.4 is 4.72 Å². The zero-order valence-electron chi connectivity index (χ0n) is 12.2. The minimum Gasteiger partial charge on any atom is -0.276 e. The van der Waals surface area contributed by atoms with E-state index in [-0.39, 0.29) is 16.3 Å². The molecule has 120 valence electrons. The quantitative estimate of drug-likeness (QED) is 0.816. The number of aromatic nitrogens is 2. The van der Waals surface area contributed by atoms with E-state index in [1.807, 2.05) is 6.20 Å². The summed E-state index contributed by atoms with van der Waals surface area (Å²) in [5.74, 6) is 0. The van der Waals surface area contributed by atoms with Gasteiger partial charge in [0.25, 0.3) is 0 Å². The van der Waals surface area contributed by atoms with Gasteiger partial charge in [0.05, 0.1) is 16.0 Å². The standard InChI is InChI=1S/C13H17N3O4S2/c1-16-10-11(9-14-16)7-8-15-22(19,20)13-5-3-12(4-6-13)21(2,17)18/h3-6,9-10,15H,7-8H2,1-2H3. The first-order valence-electron chi connectivity index (χ1n) is 6.46. The summed E-state index contributed by atoms with van der Waals surface area (Å²) in [6, 6.07) is 5.13. The molecular formula is C13H17N3O4S2. The molecule has 2 rings (SSSR count). The smallest absolute Gasteiger partial charge is 0.240 e. The monoisotopic (exact) mass is 343 g/mol. The van der Waals surface area contributed by atoms with E-state index in [0.717, 1.165) is 11.8 Å². The van der Waals surface area contributed by atoms with Crippen LogP contribution in [-0.4, -0.2) is 39.4 Å². The van der Waals surface area contributed by atoms with Crippen LogP contribution >= 0.6 is 0 Å². The fourth-order valence-corrected chi connectivity index (χ4v) is 3.54. The Morgan fingerprint density at radius 1 is 1.09 bits per heavy atom. The third kappa shape index (κ3) is 4.15. The van der Waals surface area contributed by atoms with E-state index in [2.05, 4.69) is 9.82 Å². The lowest BCUT2D eigenvalue weighted by molar-refractivity contribution is 0.581. The maximum absolute atomic E-state index is 12.1. The summed E-state index contributed by atoms with van der Waals surface area (Å²) >= 11 is 0. The number of nitrogens with one attached hydrogen (secondary N) is 1. The maximum Gasteiger partial charge on any atom is 0.240 e. The molecule has 2 aromatic rings. The molecule has 1 aromatic heterocycles. The maximum atomic E-state index is 12.1. The fourth-order valence-electron chi connectivity index (χ4n) is 1.88. The number of hydrogen-bond donors (Lipinski definition) is 1. The number of nitrogens with zero attached hydrogens (tertiary/aromatic N) is 2. The Labute approximate surface area is 129 Å². The average molecular weight is 343 g/mol. The molecule has 0 aliphatic rings. The minimum atomic E-state index is -3.66. The molecule has 0 unspecified atom stereocenters. The van der Waals surface area contributed by atoms with E-state index >= 15 is 0 Å². The summed E-state index contributed by atoms with van der Waals surface area (Å²) in [4.78, 5) is 0.118. The molecule has 0 radical (unpaired) electrons. The Morgan fingerprint density at radius 2 is 1.68 bits per heavy atom. The van der Waals surface area contributed by atoms with Gasteiger partial charge in [-0.15, -0.1) is 0 Å². The third-order valence-electron chi connectivity index (χ3n) is 3.03. The Balaban J connectivity index is 2.03. The normalized spacial score (nSPS) is 12.5. The summed E-state index contributed by atoms with van der Waals surface area (Å²) < 4.78 is 51.0. The van der Waals surface area contributed by atoms with E-state index in [1.165, 1.54) is 24.3 Å². The highest BCUT2D eigenvalue weighted by Crippen LogP contribution is 2.14. The SMILES string of the molecule is Cn1cc(CCNS(=O)(=O)c2ccc(S(C)(=O)=O)cc2)cn1. The first-order chi connectivity index (χ1) is 10.2. The lowest BCUT2D eigenvalue weighted by atomic mass is 10.3. The molecule has 0 saturated carbocycles. The average Bonchev–Trinajstić information content (AvgIpc) is 2.83. The van der Waals surface area contributed by atoms with Crippen molar-refractivity contribution < 1.29 is 16.8 Å². The van der Waals surface area contributed by atoms with Crippen molar-refractivity contribution >= 4 is 19.9 Å². The van der Waals surface area contributed by atoms with E-state index in [1.54, 1.807) is 17.9 Å². The Hall–Kier alpha value is -1.71. The highest BCUT2D eigenvalue weighted by molar-refractivity contribution is 7.90. The van der Waals surface area contributed by atoms with Crippen molar-refractivity contribution in [3.8, 4) is 0 Å². The fraction of sp³-hybridized carbons (Fsp3) is 0.308. The highest BCUT2D eigenvalue weighted by atomic mass is 32.2. The van der Waals surface area contributed by atoms with Crippen LogP contribution in [0, 0.1) is 0 Å². The predicted octanol–water partition coefficient (Wildman–Crippen LogP) is 0.345. The van der Waals surface area contributed by atoms with Crippen LogP contribution in [0.4, 0.5) is 0 Å². The number of rotatable bonds is 6. The number of sulfonamides is 1. The largest absolute Gasteiger partial charge is 0.276 e. The van der Waals surface area contributed by atoms with Gasteiger partial charge in [0.1, 0.15) is 0 Å². The Kier molecular flexibility index (Phi) is 4.69.